The lowest BCUT2D eigenvalue weighted by Gasteiger charge is -2.12. The van der Waals surface area contributed by atoms with E-state index in [1.165, 1.54) is 70.8 Å². The number of β-amino-alcohol motifs (C(OH)–C–C–N with tert-alkyl or cyclic N) is 1. The molecule has 3 nitrogen and oxygen atoms in total. The molecule has 130 valence electrons. The van der Waals surface area contributed by atoms with Crippen LogP contribution in [0.15, 0.2) is 0 Å². The molecule has 1 atom stereocenters. The fraction of sp³-hybridized carbons (Fsp3) is 0.947. The van der Waals surface area contributed by atoms with E-state index in [0.29, 0.717) is 0 Å². The molecule has 22 heavy (non-hydrogen) atoms. The number of aliphatic hydroxyl groups is 1. The van der Waals surface area contributed by atoms with Gasteiger partial charge >= 0.3 is 0 Å². The molecule has 0 spiro atoms. The van der Waals surface area contributed by atoms with Gasteiger partial charge in [0.1, 0.15) is 6.10 Å². The van der Waals surface area contributed by atoms with Crippen molar-refractivity contribution in [2.45, 2.75) is 90.6 Å². The molecule has 1 rings (SSSR count). The smallest absolute Gasteiger partial charge is 0.199 e. The van der Waals surface area contributed by atoms with Crippen molar-refractivity contribution in [3.63, 3.8) is 0 Å². The lowest BCUT2D eigenvalue weighted by atomic mass is 10.1. The zero-order valence-corrected chi connectivity index (χ0v) is 15.1. The topological polar surface area (TPSA) is 26.5 Å². The first-order valence-electron chi connectivity index (χ1n) is 9.74. The van der Waals surface area contributed by atoms with Crippen LogP contribution in [-0.2, 0) is 0 Å². The maximum atomic E-state index is 9.69. The van der Waals surface area contributed by atoms with E-state index in [1.807, 2.05) is 6.92 Å². The summed E-state index contributed by atoms with van der Waals surface area (Å²) in [5.74, 6) is 0. The van der Waals surface area contributed by atoms with E-state index in [-0.39, 0.29) is 6.10 Å². The third-order valence-electron chi connectivity index (χ3n) is 4.72. The standard InChI is InChI=1S/C19H39N2O/c1-3-5-6-7-8-9-10-11-12-13-14-20-15-16-21(18-20)17-19(22)4-2/h16,19,22H,3-15,17-18H2,1-2H3/q+1/t19-/m0/s1. The quantitative estimate of drug-likeness (QED) is 0.387. The molecule has 1 heterocycles. The molecule has 0 saturated heterocycles. The summed E-state index contributed by atoms with van der Waals surface area (Å²) in [4.78, 5) is 2.49. The predicted octanol–water partition coefficient (Wildman–Crippen LogP) is 4.03. The second-order valence-electron chi connectivity index (χ2n) is 6.92. The molecule has 0 aliphatic carbocycles. The van der Waals surface area contributed by atoms with Gasteiger partial charge in [0.15, 0.2) is 19.4 Å². The van der Waals surface area contributed by atoms with Gasteiger partial charge in [-0.25, -0.2) is 9.48 Å². The van der Waals surface area contributed by atoms with Crippen LogP contribution in [0, 0.1) is 0 Å². The normalized spacial score (nSPS) is 17.0. The Morgan fingerprint density at radius 1 is 0.955 bits per heavy atom. The Hall–Kier alpha value is -0.410. The minimum Gasteiger partial charge on any atom is -0.387 e. The summed E-state index contributed by atoms with van der Waals surface area (Å²) in [6, 6.07) is 0. The molecule has 1 aliphatic rings. The highest BCUT2D eigenvalue weighted by Gasteiger charge is 2.21. The van der Waals surface area contributed by atoms with Crippen LogP contribution in [0.4, 0.5) is 0 Å². The van der Waals surface area contributed by atoms with E-state index in [0.717, 1.165) is 26.2 Å². The zero-order valence-electron chi connectivity index (χ0n) is 15.1. The Balaban J connectivity index is 1.86. The molecule has 0 unspecified atom stereocenters. The summed E-state index contributed by atoms with van der Waals surface area (Å²) in [7, 11) is 0. The van der Waals surface area contributed by atoms with E-state index in [4.69, 9.17) is 0 Å². The van der Waals surface area contributed by atoms with Gasteiger partial charge in [0.2, 0.25) is 0 Å². The number of nitrogens with zero attached hydrogens (tertiary/aromatic N) is 2. The average molecular weight is 312 g/mol. The summed E-state index contributed by atoms with van der Waals surface area (Å²) in [5, 5.41) is 9.69. The second kappa shape index (κ2) is 13.1. The number of hydrogen-bond acceptors (Lipinski definition) is 2. The van der Waals surface area contributed by atoms with Crippen molar-refractivity contribution in [3.8, 4) is 0 Å². The Morgan fingerprint density at radius 2 is 1.55 bits per heavy atom. The molecule has 0 saturated carbocycles. The third kappa shape index (κ3) is 9.58. The molecule has 0 radical (unpaired) electrons. The van der Waals surface area contributed by atoms with Gasteiger partial charge in [-0.1, -0.05) is 71.6 Å². The van der Waals surface area contributed by atoms with Crippen molar-refractivity contribution in [1.29, 1.82) is 0 Å². The Kier molecular flexibility index (Phi) is 11.7. The Morgan fingerprint density at radius 3 is 2.14 bits per heavy atom. The minimum atomic E-state index is -0.173. The largest absolute Gasteiger partial charge is 0.387 e. The fourth-order valence-electron chi connectivity index (χ4n) is 3.12. The number of rotatable bonds is 14. The van der Waals surface area contributed by atoms with Crippen LogP contribution in [0.3, 0.4) is 0 Å². The molecule has 0 bridgehead atoms. The van der Waals surface area contributed by atoms with Gasteiger partial charge in [-0.2, -0.15) is 0 Å². The van der Waals surface area contributed by atoms with Crippen molar-refractivity contribution in [2.24, 2.45) is 0 Å². The Bertz CT molecular complexity index is 291. The van der Waals surface area contributed by atoms with E-state index in [9.17, 15) is 5.11 Å². The summed E-state index contributed by atoms with van der Waals surface area (Å²) >= 11 is 0. The fourth-order valence-corrected chi connectivity index (χ4v) is 3.12. The highest BCUT2D eigenvalue weighted by molar-refractivity contribution is 5.55. The first kappa shape index (κ1) is 19.6. The Labute approximate surface area is 138 Å². The first-order valence-corrected chi connectivity index (χ1v) is 9.74. The number of unbranched alkanes of at least 4 members (excludes halogenated alkanes) is 9. The molecule has 1 aliphatic heterocycles. The molecule has 0 amide bonds. The molecule has 1 N–H and O–H groups in total. The zero-order chi connectivity index (χ0) is 16.0. The van der Waals surface area contributed by atoms with Crippen molar-refractivity contribution in [2.75, 3.05) is 26.3 Å². The van der Waals surface area contributed by atoms with Crippen LogP contribution in [0.1, 0.15) is 84.5 Å². The predicted molar refractivity (Wildman–Crippen MR) is 95.8 cm³/mol. The maximum absolute atomic E-state index is 9.69. The van der Waals surface area contributed by atoms with E-state index in [2.05, 4.69) is 22.6 Å². The summed E-state index contributed by atoms with van der Waals surface area (Å²) in [6.45, 7) is 8.41. The van der Waals surface area contributed by atoms with Crippen LogP contribution in [-0.4, -0.2) is 53.2 Å². The summed E-state index contributed by atoms with van der Waals surface area (Å²) in [6.07, 6.45) is 17.0. The lowest BCUT2D eigenvalue weighted by Crippen LogP contribution is -2.29. The van der Waals surface area contributed by atoms with Gasteiger partial charge in [0.25, 0.3) is 0 Å². The summed E-state index contributed by atoms with van der Waals surface area (Å²) in [5.41, 5.74) is 0. The monoisotopic (exact) mass is 311 g/mol. The lowest BCUT2D eigenvalue weighted by molar-refractivity contribution is -0.540. The van der Waals surface area contributed by atoms with Gasteiger partial charge in [-0.3, -0.25) is 0 Å². The highest BCUT2D eigenvalue weighted by atomic mass is 16.3. The van der Waals surface area contributed by atoms with Crippen LogP contribution < -0.4 is 0 Å². The van der Waals surface area contributed by atoms with E-state index in [1.54, 1.807) is 0 Å². The van der Waals surface area contributed by atoms with Crippen LogP contribution in [0.2, 0.25) is 0 Å². The number of hydrogen-bond donors (Lipinski definition) is 1. The molecule has 0 aromatic carbocycles. The van der Waals surface area contributed by atoms with Crippen molar-refractivity contribution < 1.29 is 9.68 Å². The SMILES string of the molecule is CCCCCCCCCCCCN1CC=[N+](C[C@@H](O)CC)C1. The van der Waals surface area contributed by atoms with E-state index < -0.39 is 0 Å². The maximum Gasteiger partial charge on any atom is 0.199 e. The van der Waals surface area contributed by atoms with Gasteiger partial charge in [0.05, 0.1) is 6.54 Å². The second-order valence-corrected chi connectivity index (χ2v) is 6.92. The van der Waals surface area contributed by atoms with Gasteiger partial charge in [-0.15, -0.1) is 0 Å². The third-order valence-corrected chi connectivity index (χ3v) is 4.72. The van der Waals surface area contributed by atoms with Gasteiger partial charge < -0.3 is 5.11 Å². The van der Waals surface area contributed by atoms with E-state index >= 15 is 0 Å². The summed E-state index contributed by atoms with van der Waals surface area (Å²) < 4.78 is 2.27. The van der Waals surface area contributed by atoms with Crippen molar-refractivity contribution in [1.82, 2.24) is 4.90 Å². The molecule has 0 fully saturated rings. The number of aliphatic hydroxyl groups excluding tert-OH is 1. The molecular weight excluding hydrogens is 272 g/mol. The van der Waals surface area contributed by atoms with Crippen molar-refractivity contribution >= 4 is 6.21 Å². The molecule has 3 heteroatoms. The van der Waals surface area contributed by atoms with Crippen LogP contribution >= 0.6 is 0 Å². The van der Waals surface area contributed by atoms with Gasteiger partial charge in [0, 0.05) is 6.54 Å². The molecular formula is C19H39N2O+. The highest BCUT2D eigenvalue weighted by Crippen LogP contribution is 2.11. The molecule has 0 aromatic heterocycles. The van der Waals surface area contributed by atoms with Crippen molar-refractivity contribution in [3.05, 3.63) is 0 Å². The first-order chi connectivity index (χ1) is 10.8. The van der Waals surface area contributed by atoms with Gasteiger partial charge in [-0.05, 0) is 12.8 Å². The minimum absolute atomic E-state index is 0.173. The van der Waals surface area contributed by atoms with Crippen LogP contribution in [0.5, 0.6) is 0 Å². The average Bonchev–Trinajstić information content (AvgIpc) is 2.96. The van der Waals surface area contributed by atoms with Crippen LogP contribution in [0.25, 0.3) is 0 Å². The molecule has 0 aromatic rings.